The first-order valence-electron chi connectivity index (χ1n) is 11.2. The van der Waals surface area contributed by atoms with Gasteiger partial charge in [0.05, 0.1) is 17.8 Å². The highest BCUT2D eigenvalue weighted by Crippen LogP contribution is 2.23. The second kappa shape index (κ2) is 9.72. The molecule has 0 saturated heterocycles. The summed E-state index contributed by atoms with van der Waals surface area (Å²) in [6, 6.07) is 19.4. The molecule has 7 nitrogen and oxygen atoms in total. The molecule has 2 aromatic carbocycles. The van der Waals surface area contributed by atoms with E-state index in [1.54, 1.807) is 36.7 Å². The van der Waals surface area contributed by atoms with Crippen molar-refractivity contribution in [1.82, 2.24) is 25.5 Å². The summed E-state index contributed by atoms with van der Waals surface area (Å²) in [5.74, 6) is -0.0698. The van der Waals surface area contributed by atoms with Crippen LogP contribution in [0, 0.1) is 5.82 Å². The number of benzene rings is 2. The van der Waals surface area contributed by atoms with Gasteiger partial charge < -0.3 is 10.6 Å². The standard InChI is InChI=1S/C27H23FN6O/c1-17(19-8-10-23(28)11-9-19)33-27(35)24-3-2-12-29-26(24)30-14-18-4-6-20(7-5-18)21-13-22-16-32-34-25(22)31-15-21/h2-13,15-17H,14H2,1H3,(H,29,30)(H,33,35)(H,31,32,34). The molecule has 0 bridgehead atoms. The Morgan fingerprint density at radius 3 is 2.60 bits per heavy atom. The molecule has 35 heavy (non-hydrogen) atoms. The second-order valence-corrected chi connectivity index (χ2v) is 8.23. The maximum absolute atomic E-state index is 13.2. The van der Waals surface area contributed by atoms with Gasteiger partial charge in [-0.2, -0.15) is 5.10 Å². The zero-order valence-corrected chi connectivity index (χ0v) is 19.0. The number of rotatable bonds is 7. The Hall–Kier alpha value is -4.59. The number of amides is 1. The summed E-state index contributed by atoms with van der Waals surface area (Å²) < 4.78 is 13.2. The highest BCUT2D eigenvalue weighted by Gasteiger charge is 2.16. The first-order chi connectivity index (χ1) is 17.1. The van der Waals surface area contributed by atoms with Crippen LogP contribution in [0.1, 0.15) is 34.5 Å². The van der Waals surface area contributed by atoms with Crippen molar-refractivity contribution >= 4 is 22.8 Å². The topological polar surface area (TPSA) is 95.6 Å². The molecule has 0 fully saturated rings. The molecule has 1 amide bonds. The minimum absolute atomic E-state index is 0.255. The zero-order valence-electron chi connectivity index (χ0n) is 19.0. The number of pyridine rings is 2. The molecule has 5 aromatic rings. The van der Waals surface area contributed by atoms with E-state index in [1.807, 2.05) is 43.5 Å². The van der Waals surface area contributed by atoms with Gasteiger partial charge in [0.2, 0.25) is 0 Å². The Labute approximate surface area is 201 Å². The summed E-state index contributed by atoms with van der Waals surface area (Å²) >= 11 is 0. The van der Waals surface area contributed by atoms with E-state index in [0.717, 1.165) is 33.3 Å². The Bertz CT molecular complexity index is 1460. The van der Waals surface area contributed by atoms with Gasteiger partial charge in [-0.1, -0.05) is 36.4 Å². The van der Waals surface area contributed by atoms with Gasteiger partial charge in [-0.25, -0.2) is 14.4 Å². The van der Waals surface area contributed by atoms with Crippen LogP contribution >= 0.6 is 0 Å². The molecule has 3 N–H and O–H groups in total. The summed E-state index contributed by atoms with van der Waals surface area (Å²) in [4.78, 5) is 21.7. The molecule has 0 aliphatic carbocycles. The van der Waals surface area contributed by atoms with E-state index < -0.39 is 0 Å². The van der Waals surface area contributed by atoms with E-state index in [-0.39, 0.29) is 17.8 Å². The van der Waals surface area contributed by atoms with Crippen LogP contribution in [0.15, 0.2) is 85.3 Å². The van der Waals surface area contributed by atoms with Crippen molar-refractivity contribution in [2.24, 2.45) is 0 Å². The lowest BCUT2D eigenvalue weighted by atomic mass is 10.0. The molecule has 0 aliphatic heterocycles. The van der Waals surface area contributed by atoms with Crippen molar-refractivity contribution in [3.8, 4) is 11.1 Å². The molecule has 0 aliphatic rings. The van der Waals surface area contributed by atoms with Crippen LogP contribution in [0.25, 0.3) is 22.2 Å². The van der Waals surface area contributed by atoms with Crippen molar-refractivity contribution in [2.75, 3.05) is 5.32 Å². The summed E-state index contributed by atoms with van der Waals surface area (Å²) in [5, 5.41) is 14.0. The quantitative estimate of drug-likeness (QED) is 0.304. The molecular weight excluding hydrogens is 443 g/mol. The molecule has 0 saturated carbocycles. The van der Waals surface area contributed by atoms with Gasteiger partial charge in [-0.15, -0.1) is 0 Å². The molecular formula is C27H23FN6O. The lowest BCUT2D eigenvalue weighted by Crippen LogP contribution is -2.27. The third-order valence-corrected chi connectivity index (χ3v) is 5.81. The maximum Gasteiger partial charge on any atom is 0.255 e. The van der Waals surface area contributed by atoms with Gasteiger partial charge in [-0.05, 0) is 53.9 Å². The average molecular weight is 467 g/mol. The Morgan fingerprint density at radius 2 is 1.80 bits per heavy atom. The number of aromatic nitrogens is 4. The van der Waals surface area contributed by atoms with Crippen LogP contribution in [-0.4, -0.2) is 26.1 Å². The van der Waals surface area contributed by atoms with Gasteiger partial charge in [-0.3, -0.25) is 9.89 Å². The van der Waals surface area contributed by atoms with Gasteiger partial charge in [0.15, 0.2) is 5.65 Å². The van der Waals surface area contributed by atoms with Gasteiger partial charge in [0, 0.05) is 29.9 Å². The molecule has 0 spiro atoms. The number of halogens is 1. The highest BCUT2D eigenvalue weighted by atomic mass is 19.1. The normalized spacial score (nSPS) is 11.8. The first-order valence-corrected chi connectivity index (χ1v) is 11.2. The minimum Gasteiger partial charge on any atom is -0.365 e. The Balaban J connectivity index is 1.25. The van der Waals surface area contributed by atoms with Gasteiger partial charge in [0.1, 0.15) is 11.6 Å². The zero-order chi connectivity index (χ0) is 24.2. The number of aromatic amines is 1. The number of carbonyl (C=O) groups is 1. The smallest absolute Gasteiger partial charge is 0.255 e. The molecule has 3 heterocycles. The predicted molar refractivity (Wildman–Crippen MR) is 133 cm³/mol. The summed E-state index contributed by atoms with van der Waals surface area (Å²) in [7, 11) is 0. The highest BCUT2D eigenvalue weighted by molar-refractivity contribution is 5.98. The molecule has 174 valence electrons. The lowest BCUT2D eigenvalue weighted by Gasteiger charge is -2.16. The van der Waals surface area contributed by atoms with Crippen LogP contribution in [0.5, 0.6) is 0 Å². The third-order valence-electron chi connectivity index (χ3n) is 5.81. The number of H-pyrrole nitrogens is 1. The molecule has 8 heteroatoms. The molecule has 3 aromatic heterocycles. The van der Waals surface area contributed by atoms with Gasteiger partial charge in [0.25, 0.3) is 5.91 Å². The number of nitrogens with one attached hydrogen (secondary N) is 3. The fourth-order valence-corrected chi connectivity index (χ4v) is 3.83. The summed E-state index contributed by atoms with van der Waals surface area (Å²) in [5.41, 5.74) is 5.13. The number of nitrogens with zero attached hydrogens (tertiary/aromatic N) is 3. The van der Waals surface area contributed by atoms with E-state index in [9.17, 15) is 9.18 Å². The van der Waals surface area contributed by atoms with Crippen LogP contribution in [0.4, 0.5) is 10.2 Å². The van der Waals surface area contributed by atoms with Crippen molar-refractivity contribution in [1.29, 1.82) is 0 Å². The van der Waals surface area contributed by atoms with Crippen LogP contribution in [0.2, 0.25) is 0 Å². The van der Waals surface area contributed by atoms with Crippen LogP contribution < -0.4 is 10.6 Å². The average Bonchev–Trinajstić information content (AvgIpc) is 3.36. The summed E-state index contributed by atoms with van der Waals surface area (Å²) in [6.45, 7) is 2.36. The largest absolute Gasteiger partial charge is 0.365 e. The van der Waals surface area contributed by atoms with Crippen LogP contribution in [-0.2, 0) is 6.54 Å². The lowest BCUT2D eigenvalue weighted by molar-refractivity contribution is 0.0940. The Morgan fingerprint density at radius 1 is 1.00 bits per heavy atom. The molecule has 1 atom stereocenters. The van der Waals surface area contributed by atoms with E-state index in [2.05, 4.69) is 30.8 Å². The van der Waals surface area contributed by atoms with E-state index >= 15 is 0 Å². The van der Waals surface area contributed by atoms with E-state index in [4.69, 9.17) is 0 Å². The number of anilines is 1. The maximum atomic E-state index is 13.2. The second-order valence-electron chi connectivity index (χ2n) is 8.23. The molecule has 5 rings (SSSR count). The fourth-order valence-electron chi connectivity index (χ4n) is 3.83. The number of hydrogen-bond acceptors (Lipinski definition) is 5. The van der Waals surface area contributed by atoms with Crippen molar-refractivity contribution < 1.29 is 9.18 Å². The van der Waals surface area contributed by atoms with Crippen molar-refractivity contribution in [3.63, 3.8) is 0 Å². The number of carbonyl (C=O) groups excluding carboxylic acids is 1. The van der Waals surface area contributed by atoms with Crippen molar-refractivity contribution in [2.45, 2.75) is 19.5 Å². The van der Waals surface area contributed by atoms with Crippen LogP contribution in [0.3, 0.4) is 0 Å². The molecule has 1 unspecified atom stereocenters. The number of hydrogen-bond donors (Lipinski definition) is 3. The molecule has 0 radical (unpaired) electrons. The van der Waals surface area contributed by atoms with E-state index in [1.165, 1.54) is 12.1 Å². The summed E-state index contributed by atoms with van der Waals surface area (Å²) in [6.07, 6.45) is 5.22. The monoisotopic (exact) mass is 466 g/mol. The van der Waals surface area contributed by atoms with E-state index in [0.29, 0.717) is 17.9 Å². The number of fused-ring (bicyclic) bond motifs is 1. The predicted octanol–water partition coefficient (Wildman–Crippen LogP) is 5.26. The minimum atomic E-state index is -0.310. The first kappa shape index (κ1) is 22.2. The fraction of sp³-hybridized carbons (Fsp3) is 0.111. The third kappa shape index (κ3) is 5.01. The SMILES string of the molecule is CC(NC(=O)c1cccnc1NCc1ccc(-c2cnc3[nH]ncc3c2)cc1)c1ccc(F)cc1. The van der Waals surface area contributed by atoms with Gasteiger partial charge >= 0.3 is 0 Å². The van der Waals surface area contributed by atoms with Crippen molar-refractivity contribution in [3.05, 3.63) is 108 Å². The Kier molecular flexibility index (Phi) is 6.17.